The number of hydrogen-bond donors (Lipinski definition) is 1. The fraction of sp³-hybridized carbons (Fsp3) is 0.294. The van der Waals surface area contributed by atoms with E-state index < -0.39 is 11.6 Å². The predicted octanol–water partition coefficient (Wildman–Crippen LogP) is 4.85. The third-order valence-corrected chi connectivity index (χ3v) is 4.00. The molecule has 112 valence electrons. The van der Waals surface area contributed by atoms with Gasteiger partial charge in [-0.05, 0) is 71.3 Å². The van der Waals surface area contributed by atoms with Gasteiger partial charge in [-0.2, -0.15) is 0 Å². The van der Waals surface area contributed by atoms with E-state index in [2.05, 4.69) is 40.9 Å². The second-order valence-corrected chi connectivity index (χ2v) is 6.25. The van der Waals surface area contributed by atoms with E-state index in [1.165, 1.54) is 12.1 Å². The summed E-state index contributed by atoms with van der Waals surface area (Å²) in [5, 5.41) is 3.44. The Labute approximate surface area is 137 Å². The van der Waals surface area contributed by atoms with Crippen LogP contribution in [0.3, 0.4) is 0 Å². The lowest BCUT2D eigenvalue weighted by Crippen LogP contribution is -2.24. The molecule has 0 radical (unpaired) electrons. The summed E-state index contributed by atoms with van der Waals surface area (Å²) in [6.07, 6.45) is 1.51. The molecule has 0 saturated carbocycles. The molecular weight excluding hydrogens is 383 g/mol. The van der Waals surface area contributed by atoms with Gasteiger partial charge in [0.1, 0.15) is 11.6 Å². The normalized spacial score (nSPS) is 12.4. The van der Waals surface area contributed by atoms with Crippen molar-refractivity contribution < 1.29 is 8.78 Å². The zero-order valence-electron chi connectivity index (χ0n) is 11.9. The Morgan fingerprint density at radius 3 is 2.62 bits per heavy atom. The standard InChI is InChI=1S/C17H18F2IN/c1-2-8-21-17(13-4-3-5-15(20)9-13)10-12-6-7-14(18)11-16(12)19/h3-7,9,11,17,21H,2,8,10H2,1H3. The van der Waals surface area contributed by atoms with E-state index >= 15 is 0 Å². The van der Waals surface area contributed by atoms with Crippen molar-refractivity contribution in [2.24, 2.45) is 0 Å². The molecular formula is C17H18F2IN. The second-order valence-electron chi connectivity index (χ2n) is 5.00. The van der Waals surface area contributed by atoms with Gasteiger partial charge in [0.15, 0.2) is 0 Å². The van der Waals surface area contributed by atoms with Crippen molar-refractivity contribution in [1.29, 1.82) is 0 Å². The van der Waals surface area contributed by atoms with Gasteiger partial charge >= 0.3 is 0 Å². The van der Waals surface area contributed by atoms with Gasteiger partial charge in [0.2, 0.25) is 0 Å². The molecule has 0 amide bonds. The molecule has 0 spiro atoms. The molecule has 4 heteroatoms. The van der Waals surface area contributed by atoms with Crippen molar-refractivity contribution in [1.82, 2.24) is 5.32 Å². The molecule has 1 nitrogen and oxygen atoms in total. The SMILES string of the molecule is CCCNC(Cc1ccc(F)cc1F)c1cccc(I)c1. The monoisotopic (exact) mass is 401 g/mol. The minimum atomic E-state index is -0.538. The van der Waals surface area contributed by atoms with Crippen LogP contribution in [0.25, 0.3) is 0 Å². The molecule has 0 aliphatic carbocycles. The molecule has 0 fully saturated rings. The van der Waals surface area contributed by atoms with E-state index in [-0.39, 0.29) is 6.04 Å². The summed E-state index contributed by atoms with van der Waals surface area (Å²) in [6, 6.07) is 12.0. The van der Waals surface area contributed by atoms with Crippen LogP contribution in [-0.2, 0) is 6.42 Å². The quantitative estimate of drug-likeness (QED) is 0.683. The summed E-state index contributed by atoms with van der Waals surface area (Å²) in [6.45, 7) is 2.95. The molecule has 2 aromatic carbocycles. The van der Waals surface area contributed by atoms with Crippen LogP contribution in [0.15, 0.2) is 42.5 Å². The van der Waals surface area contributed by atoms with Crippen molar-refractivity contribution in [3.63, 3.8) is 0 Å². The summed E-state index contributed by atoms with van der Waals surface area (Å²) in [7, 11) is 0. The van der Waals surface area contributed by atoms with Gasteiger partial charge < -0.3 is 5.32 Å². The third-order valence-electron chi connectivity index (χ3n) is 3.33. The predicted molar refractivity (Wildman–Crippen MR) is 90.3 cm³/mol. The van der Waals surface area contributed by atoms with Crippen LogP contribution in [0.2, 0.25) is 0 Å². The van der Waals surface area contributed by atoms with Gasteiger partial charge in [0.05, 0.1) is 0 Å². The first-order valence-electron chi connectivity index (χ1n) is 7.03. The van der Waals surface area contributed by atoms with Crippen LogP contribution in [0.4, 0.5) is 8.78 Å². The molecule has 1 atom stereocenters. The molecule has 1 unspecified atom stereocenters. The highest BCUT2D eigenvalue weighted by molar-refractivity contribution is 14.1. The fourth-order valence-corrected chi connectivity index (χ4v) is 2.82. The van der Waals surface area contributed by atoms with E-state index in [4.69, 9.17) is 0 Å². The largest absolute Gasteiger partial charge is 0.310 e. The Bertz CT molecular complexity index is 601. The summed E-state index contributed by atoms with van der Waals surface area (Å²) in [5.74, 6) is -1.02. The minimum absolute atomic E-state index is 0.0274. The smallest absolute Gasteiger partial charge is 0.129 e. The highest BCUT2D eigenvalue weighted by Gasteiger charge is 2.14. The first-order valence-corrected chi connectivity index (χ1v) is 8.10. The zero-order valence-corrected chi connectivity index (χ0v) is 14.0. The van der Waals surface area contributed by atoms with E-state index in [1.807, 2.05) is 18.2 Å². The highest BCUT2D eigenvalue weighted by Crippen LogP contribution is 2.22. The van der Waals surface area contributed by atoms with Crippen LogP contribution in [0.1, 0.15) is 30.5 Å². The summed E-state index contributed by atoms with van der Waals surface area (Å²) >= 11 is 2.27. The lowest BCUT2D eigenvalue weighted by molar-refractivity contribution is 0.508. The van der Waals surface area contributed by atoms with Crippen LogP contribution < -0.4 is 5.32 Å². The molecule has 0 heterocycles. The lowest BCUT2D eigenvalue weighted by atomic mass is 9.98. The Kier molecular flexibility index (Phi) is 6.11. The molecule has 2 aromatic rings. The van der Waals surface area contributed by atoms with E-state index in [9.17, 15) is 8.78 Å². The average Bonchev–Trinajstić information content (AvgIpc) is 2.45. The molecule has 0 bridgehead atoms. The molecule has 0 saturated heterocycles. The number of hydrogen-bond acceptors (Lipinski definition) is 1. The van der Waals surface area contributed by atoms with Crippen molar-refractivity contribution >= 4 is 22.6 Å². The number of halogens is 3. The maximum atomic E-state index is 13.9. The van der Waals surface area contributed by atoms with E-state index in [0.717, 1.165) is 28.2 Å². The first-order chi connectivity index (χ1) is 10.1. The maximum Gasteiger partial charge on any atom is 0.129 e. The van der Waals surface area contributed by atoms with Crippen molar-refractivity contribution in [2.75, 3.05) is 6.54 Å². The van der Waals surface area contributed by atoms with Crippen LogP contribution >= 0.6 is 22.6 Å². The second kappa shape index (κ2) is 7.84. The lowest BCUT2D eigenvalue weighted by Gasteiger charge is -2.20. The molecule has 1 N–H and O–H groups in total. The van der Waals surface area contributed by atoms with Crippen LogP contribution in [-0.4, -0.2) is 6.54 Å². The summed E-state index contributed by atoms with van der Waals surface area (Å²) in [4.78, 5) is 0. The summed E-state index contributed by atoms with van der Waals surface area (Å²) in [5.41, 5.74) is 1.66. The molecule has 2 rings (SSSR count). The first kappa shape index (κ1) is 16.4. The minimum Gasteiger partial charge on any atom is -0.310 e. The topological polar surface area (TPSA) is 12.0 Å². The molecule has 0 aliphatic heterocycles. The number of rotatable bonds is 6. The maximum absolute atomic E-state index is 13.9. The molecule has 0 aromatic heterocycles. The fourth-order valence-electron chi connectivity index (χ4n) is 2.26. The average molecular weight is 401 g/mol. The molecule has 0 aliphatic rings. The van der Waals surface area contributed by atoms with Gasteiger partial charge in [0, 0.05) is 15.7 Å². The Balaban J connectivity index is 2.23. The van der Waals surface area contributed by atoms with Crippen LogP contribution in [0, 0.1) is 15.2 Å². The Hall–Kier alpha value is -1.01. The van der Waals surface area contributed by atoms with E-state index in [0.29, 0.717) is 12.0 Å². The van der Waals surface area contributed by atoms with Crippen LogP contribution in [0.5, 0.6) is 0 Å². The van der Waals surface area contributed by atoms with Gasteiger partial charge in [-0.15, -0.1) is 0 Å². The van der Waals surface area contributed by atoms with Gasteiger partial charge in [-0.25, -0.2) is 8.78 Å². The number of nitrogens with one attached hydrogen (secondary N) is 1. The Morgan fingerprint density at radius 1 is 1.14 bits per heavy atom. The molecule has 21 heavy (non-hydrogen) atoms. The van der Waals surface area contributed by atoms with Crippen molar-refractivity contribution in [3.8, 4) is 0 Å². The van der Waals surface area contributed by atoms with Crippen molar-refractivity contribution in [2.45, 2.75) is 25.8 Å². The Morgan fingerprint density at radius 2 is 1.95 bits per heavy atom. The van der Waals surface area contributed by atoms with Gasteiger partial charge in [0.25, 0.3) is 0 Å². The van der Waals surface area contributed by atoms with Gasteiger partial charge in [-0.1, -0.05) is 25.1 Å². The zero-order chi connectivity index (χ0) is 15.2. The van der Waals surface area contributed by atoms with E-state index in [1.54, 1.807) is 0 Å². The summed E-state index contributed by atoms with van der Waals surface area (Å²) < 4.78 is 28.0. The number of benzene rings is 2. The highest BCUT2D eigenvalue weighted by atomic mass is 127. The van der Waals surface area contributed by atoms with Gasteiger partial charge in [-0.3, -0.25) is 0 Å². The van der Waals surface area contributed by atoms with Crippen molar-refractivity contribution in [3.05, 3.63) is 68.8 Å². The third kappa shape index (κ3) is 4.74.